The van der Waals surface area contributed by atoms with E-state index in [4.69, 9.17) is 4.52 Å². The molecule has 1 atom stereocenters. The molecule has 1 unspecified atom stereocenters. The van der Waals surface area contributed by atoms with Crippen molar-refractivity contribution in [2.45, 2.75) is 51.5 Å². The van der Waals surface area contributed by atoms with Gasteiger partial charge in [0.05, 0.1) is 11.5 Å². The summed E-state index contributed by atoms with van der Waals surface area (Å²) in [7, 11) is -1.29. The van der Waals surface area contributed by atoms with Gasteiger partial charge in [0.25, 0.3) is 0 Å². The fourth-order valence-corrected chi connectivity index (χ4v) is 4.23. The topological polar surface area (TPSA) is 93.4 Å². The Labute approximate surface area is 131 Å². The van der Waals surface area contributed by atoms with Crippen LogP contribution in [-0.4, -0.2) is 54.0 Å². The molecule has 0 bridgehead atoms. The lowest BCUT2D eigenvalue weighted by atomic mass is 10.2. The molecule has 1 amide bonds. The number of aromatic nitrogens is 2. The van der Waals surface area contributed by atoms with Crippen LogP contribution in [0.1, 0.15) is 50.7 Å². The van der Waals surface area contributed by atoms with Crippen LogP contribution in [0.2, 0.25) is 0 Å². The Hall–Kier alpha value is -1.44. The molecule has 0 aliphatic carbocycles. The van der Waals surface area contributed by atoms with Crippen LogP contribution in [0, 0.1) is 0 Å². The molecule has 0 aromatic carbocycles. The van der Waals surface area contributed by atoms with E-state index < -0.39 is 9.84 Å². The minimum atomic E-state index is -2.97. The monoisotopic (exact) mass is 329 g/mol. The van der Waals surface area contributed by atoms with Gasteiger partial charge in [-0.1, -0.05) is 19.0 Å². The SMILES string of the molecule is CC(C)c1noc(CCCC(=O)N(C)C2CCS(=O)(=O)C2)n1. The number of hydrogen-bond acceptors (Lipinski definition) is 6. The standard InChI is InChI=1S/C14H23N3O4S/c1-10(2)14-15-12(21-16-14)5-4-6-13(18)17(3)11-7-8-22(19,20)9-11/h10-11H,4-9H2,1-3H3. The van der Waals surface area contributed by atoms with E-state index in [-0.39, 0.29) is 29.4 Å². The average molecular weight is 329 g/mol. The van der Waals surface area contributed by atoms with E-state index in [2.05, 4.69) is 10.1 Å². The number of aryl methyl sites for hydroxylation is 1. The van der Waals surface area contributed by atoms with Crippen molar-refractivity contribution in [3.8, 4) is 0 Å². The quantitative estimate of drug-likeness (QED) is 0.777. The Morgan fingerprint density at radius 3 is 2.73 bits per heavy atom. The maximum absolute atomic E-state index is 12.1. The lowest BCUT2D eigenvalue weighted by Crippen LogP contribution is -2.37. The zero-order valence-electron chi connectivity index (χ0n) is 13.3. The molecule has 8 heteroatoms. The highest BCUT2D eigenvalue weighted by Crippen LogP contribution is 2.18. The van der Waals surface area contributed by atoms with Gasteiger partial charge in [0, 0.05) is 31.8 Å². The summed E-state index contributed by atoms with van der Waals surface area (Å²) in [5.41, 5.74) is 0. The van der Waals surface area contributed by atoms with Gasteiger partial charge < -0.3 is 9.42 Å². The van der Waals surface area contributed by atoms with E-state index in [1.54, 1.807) is 11.9 Å². The van der Waals surface area contributed by atoms with Crippen molar-refractivity contribution in [2.24, 2.45) is 0 Å². The third-order valence-electron chi connectivity index (χ3n) is 3.93. The molecule has 1 fully saturated rings. The van der Waals surface area contributed by atoms with Crippen LogP contribution in [0.25, 0.3) is 0 Å². The highest BCUT2D eigenvalue weighted by atomic mass is 32.2. The number of amides is 1. The molecule has 1 aromatic rings. The minimum Gasteiger partial charge on any atom is -0.342 e. The fraction of sp³-hybridized carbons (Fsp3) is 0.786. The normalized spacial score (nSPS) is 20.5. The summed E-state index contributed by atoms with van der Waals surface area (Å²) in [6.07, 6.45) is 2.06. The second-order valence-corrected chi connectivity index (χ2v) is 8.34. The first kappa shape index (κ1) is 16.9. The Kier molecular flexibility index (Phi) is 5.20. The molecule has 1 aliphatic heterocycles. The third kappa shape index (κ3) is 4.28. The van der Waals surface area contributed by atoms with Gasteiger partial charge >= 0.3 is 0 Å². The zero-order chi connectivity index (χ0) is 16.3. The summed E-state index contributed by atoms with van der Waals surface area (Å²) in [5.74, 6) is 1.66. The number of carbonyl (C=O) groups is 1. The van der Waals surface area contributed by atoms with Crippen molar-refractivity contribution in [3.05, 3.63) is 11.7 Å². The van der Waals surface area contributed by atoms with E-state index in [9.17, 15) is 13.2 Å². The van der Waals surface area contributed by atoms with E-state index in [1.807, 2.05) is 13.8 Å². The van der Waals surface area contributed by atoms with E-state index in [0.29, 0.717) is 37.4 Å². The van der Waals surface area contributed by atoms with Crippen molar-refractivity contribution in [2.75, 3.05) is 18.6 Å². The molecule has 1 aromatic heterocycles. The Morgan fingerprint density at radius 2 is 2.18 bits per heavy atom. The molecule has 7 nitrogen and oxygen atoms in total. The second-order valence-electron chi connectivity index (χ2n) is 6.12. The molecular weight excluding hydrogens is 306 g/mol. The highest BCUT2D eigenvalue weighted by molar-refractivity contribution is 7.91. The van der Waals surface area contributed by atoms with Crippen LogP contribution in [0.3, 0.4) is 0 Å². The van der Waals surface area contributed by atoms with Crippen LogP contribution < -0.4 is 0 Å². The lowest BCUT2D eigenvalue weighted by Gasteiger charge is -2.23. The van der Waals surface area contributed by atoms with Crippen LogP contribution in [0.4, 0.5) is 0 Å². The van der Waals surface area contributed by atoms with Crippen molar-refractivity contribution >= 4 is 15.7 Å². The lowest BCUT2D eigenvalue weighted by molar-refractivity contribution is -0.131. The van der Waals surface area contributed by atoms with Gasteiger partial charge in [-0.05, 0) is 12.8 Å². The van der Waals surface area contributed by atoms with E-state index in [1.165, 1.54) is 0 Å². The summed E-state index contributed by atoms with van der Waals surface area (Å²) < 4.78 is 28.0. The first-order chi connectivity index (χ1) is 10.3. The van der Waals surface area contributed by atoms with Crippen molar-refractivity contribution in [1.82, 2.24) is 15.0 Å². The first-order valence-corrected chi connectivity index (χ1v) is 9.39. The summed E-state index contributed by atoms with van der Waals surface area (Å²) >= 11 is 0. The maximum atomic E-state index is 12.1. The number of sulfone groups is 1. The number of nitrogens with zero attached hydrogens (tertiary/aromatic N) is 3. The molecule has 124 valence electrons. The number of carbonyl (C=O) groups excluding carboxylic acids is 1. The summed E-state index contributed by atoms with van der Waals surface area (Å²) in [4.78, 5) is 17.9. The molecule has 0 saturated carbocycles. The van der Waals surface area contributed by atoms with Crippen LogP contribution in [0.5, 0.6) is 0 Å². The minimum absolute atomic E-state index is 0.0364. The molecule has 1 aliphatic rings. The fourth-order valence-electron chi connectivity index (χ4n) is 2.46. The molecular formula is C14H23N3O4S. The van der Waals surface area contributed by atoms with Crippen LogP contribution in [-0.2, 0) is 21.1 Å². The largest absolute Gasteiger partial charge is 0.342 e. The predicted octanol–water partition coefficient (Wildman–Crippen LogP) is 1.16. The van der Waals surface area contributed by atoms with Crippen molar-refractivity contribution in [3.63, 3.8) is 0 Å². The molecule has 2 heterocycles. The van der Waals surface area contributed by atoms with Gasteiger partial charge in [-0.15, -0.1) is 0 Å². The highest BCUT2D eigenvalue weighted by Gasteiger charge is 2.32. The Bertz CT molecular complexity index is 624. The molecule has 0 spiro atoms. The molecule has 0 N–H and O–H groups in total. The maximum Gasteiger partial charge on any atom is 0.226 e. The zero-order valence-corrected chi connectivity index (χ0v) is 14.1. The molecule has 22 heavy (non-hydrogen) atoms. The third-order valence-corrected chi connectivity index (χ3v) is 5.68. The van der Waals surface area contributed by atoms with Gasteiger partial charge in [0.2, 0.25) is 11.8 Å². The van der Waals surface area contributed by atoms with Gasteiger partial charge in [-0.25, -0.2) is 8.42 Å². The summed E-state index contributed by atoms with van der Waals surface area (Å²) in [5, 5.41) is 3.88. The van der Waals surface area contributed by atoms with Gasteiger partial charge in [-0.3, -0.25) is 4.79 Å². The second kappa shape index (κ2) is 6.76. The predicted molar refractivity (Wildman–Crippen MR) is 81.2 cm³/mol. The van der Waals surface area contributed by atoms with Crippen molar-refractivity contribution in [1.29, 1.82) is 0 Å². The van der Waals surface area contributed by atoms with Crippen LogP contribution in [0.15, 0.2) is 4.52 Å². The Balaban J connectivity index is 1.77. The van der Waals surface area contributed by atoms with Gasteiger partial charge in [0.15, 0.2) is 15.7 Å². The van der Waals surface area contributed by atoms with E-state index >= 15 is 0 Å². The average Bonchev–Trinajstić information content (AvgIpc) is 3.04. The number of hydrogen-bond donors (Lipinski definition) is 0. The van der Waals surface area contributed by atoms with Crippen molar-refractivity contribution < 1.29 is 17.7 Å². The molecule has 1 saturated heterocycles. The van der Waals surface area contributed by atoms with E-state index in [0.717, 1.165) is 0 Å². The van der Waals surface area contributed by atoms with Crippen LogP contribution >= 0.6 is 0 Å². The van der Waals surface area contributed by atoms with Gasteiger partial charge in [0.1, 0.15) is 0 Å². The van der Waals surface area contributed by atoms with Gasteiger partial charge in [-0.2, -0.15) is 4.98 Å². The Morgan fingerprint density at radius 1 is 1.45 bits per heavy atom. The smallest absolute Gasteiger partial charge is 0.226 e. The summed E-state index contributed by atoms with van der Waals surface area (Å²) in [6.45, 7) is 3.98. The summed E-state index contributed by atoms with van der Waals surface area (Å²) in [6, 6.07) is -0.187. The molecule has 2 rings (SSSR count). The molecule has 0 radical (unpaired) electrons. The first-order valence-electron chi connectivity index (χ1n) is 7.57. The number of rotatable bonds is 6.